The Morgan fingerprint density at radius 2 is 2.05 bits per heavy atom. The van der Waals surface area contributed by atoms with Crippen LogP contribution in [-0.4, -0.2) is 41.5 Å². The highest BCUT2D eigenvalue weighted by molar-refractivity contribution is 5.95. The highest BCUT2D eigenvalue weighted by Gasteiger charge is 2.23. The molecule has 0 aliphatic carbocycles. The van der Waals surface area contributed by atoms with E-state index in [4.69, 9.17) is 0 Å². The number of amides is 2. The fourth-order valence-corrected chi connectivity index (χ4v) is 2.48. The van der Waals surface area contributed by atoms with Gasteiger partial charge in [0.15, 0.2) is 0 Å². The highest BCUT2D eigenvalue weighted by Crippen LogP contribution is 2.19. The van der Waals surface area contributed by atoms with Crippen LogP contribution in [0.1, 0.15) is 30.1 Å². The van der Waals surface area contributed by atoms with Crippen LogP contribution in [-0.2, 0) is 4.79 Å². The molecule has 0 spiro atoms. The fourth-order valence-electron chi connectivity index (χ4n) is 2.48. The van der Waals surface area contributed by atoms with E-state index < -0.39 is 0 Å². The van der Waals surface area contributed by atoms with Gasteiger partial charge in [-0.2, -0.15) is 0 Å². The van der Waals surface area contributed by atoms with Crippen molar-refractivity contribution in [1.82, 2.24) is 4.90 Å². The summed E-state index contributed by atoms with van der Waals surface area (Å²) >= 11 is 0. The Labute approximate surface area is 118 Å². The third-order valence-corrected chi connectivity index (χ3v) is 3.52. The smallest absolute Gasteiger partial charge is 0.253 e. The molecule has 1 fully saturated rings. The minimum atomic E-state index is -0.133. The maximum absolute atomic E-state index is 12.4. The van der Waals surface area contributed by atoms with Crippen molar-refractivity contribution in [3.8, 4) is 0 Å². The van der Waals surface area contributed by atoms with Crippen LogP contribution in [0.2, 0.25) is 0 Å². The van der Waals surface area contributed by atoms with Crippen LogP contribution >= 0.6 is 0 Å². The number of carbonyl (C=O) groups is 2. The third-order valence-electron chi connectivity index (χ3n) is 3.52. The molecule has 2 amide bonds. The topological polar surface area (TPSA) is 69.6 Å². The number of aliphatic hydroxyl groups is 1. The van der Waals surface area contributed by atoms with E-state index in [1.807, 2.05) is 0 Å². The lowest BCUT2D eigenvalue weighted by Gasteiger charge is -2.31. The molecule has 1 saturated heterocycles. The first-order valence-electron chi connectivity index (χ1n) is 6.88. The van der Waals surface area contributed by atoms with Crippen molar-refractivity contribution in [2.45, 2.75) is 19.8 Å². The summed E-state index contributed by atoms with van der Waals surface area (Å²) < 4.78 is 0. The first kappa shape index (κ1) is 14.5. The maximum atomic E-state index is 12.4. The van der Waals surface area contributed by atoms with Crippen LogP contribution in [0.15, 0.2) is 24.3 Å². The number of nitrogens with zero attached hydrogens (tertiary/aromatic N) is 1. The summed E-state index contributed by atoms with van der Waals surface area (Å²) in [6.45, 7) is 2.93. The number of hydrogen-bond donors (Lipinski definition) is 2. The molecule has 1 aliphatic rings. The van der Waals surface area contributed by atoms with E-state index in [1.54, 1.807) is 29.2 Å². The first-order chi connectivity index (χ1) is 9.60. The Kier molecular flexibility index (Phi) is 4.74. The Morgan fingerprint density at radius 3 is 2.65 bits per heavy atom. The monoisotopic (exact) mass is 276 g/mol. The largest absolute Gasteiger partial charge is 0.396 e. The van der Waals surface area contributed by atoms with Gasteiger partial charge in [0.1, 0.15) is 0 Å². The van der Waals surface area contributed by atoms with Gasteiger partial charge < -0.3 is 15.3 Å². The molecule has 1 heterocycles. The summed E-state index contributed by atoms with van der Waals surface area (Å²) in [6, 6.07) is 6.89. The van der Waals surface area contributed by atoms with Crippen LogP contribution in [0.4, 0.5) is 5.69 Å². The van der Waals surface area contributed by atoms with Crippen LogP contribution in [0.3, 0.4) is 0 Å². The second-order valence-electron chi connectivity index (χ2n) is 5.20. The lowest BCUT2D eigenvalue weighted by atomic mass is 9.98. The Balaban J connectivity index is 2.03. The molecule has 5 heteroatoms. The molecule has 1 atom stereocenters. The molecule has 108 valence electrons. The number of piperidine rings is 1. The fraction of sp³-hybridized carbons (Fsp3) is 0.467. The number of likely N-dealkylation sites (tertiary alicyclic amines) is 1. The van der Waals surface area contributed by atoms with Gasteiger partial charge in [0, 0.05) is 37.9 Å². The summed E-state index contributed by atoms with van der Waals surface area (Å²) in [7, 11) is 0. The Hall–Kier alpha value is -1.88. The Morgan fingerprint density at radius 1 is 1.35 bits per heavy atom. The molecule has 1 aromatic rings. The molecule has 0 radical (unpaired) electrons. The molecule has 0 saturated carbocycles. The molecule has 1 aromatic carbocycles. The van der Waals surface area contributed by atoms with Crippen LogP contribution in [0.5, 0.6) is 0 Å². The molecule has 20 heavy (non-hydrogen) atoms. The number of rotatable bonds is 3. The van der Waals surface area contributed by atoms with Crippen molar-refractivity contribution < 1.29 is 14.7 Å². The summed E-state index contributed by atoms with van der Waals surface area (Å²) in [4.78, 5) is 25.1. The zero-order valence-electron chi connectivity index (χ0n) is 11.6. The minimum absolute atomic E-state index is 0.0162. The molecule has 0 bridgehead atoms. The predicted octanol–water partition coefficient (Wildman–Crippen LogP) is 1.49. The number of aliphatic hydroxyl groups excluding tert-OH is 1. The molecule has 1 aliphatic heterocycles. The van der Waals surface area contributed by atoms with Gasteiger partial charge in [-0.25, -0.2) is 0 Å². The molecule has 2 N–H and O–H groups in total. The van der Waals surface area contributed by atoms with Gasteiger partial charge in [0.25, 0.3) is 5.91 Å². The van der Waals surface area contributed by atoms with E-state index in [1.165, 1.54) is 6.92 Å². The van der Waals surface area contributed by atoms with Crippen molar-refractivity contribution in [1.29, 1.82) is 0 Å². The van der Waals surface area contributed by atoms with Gasteiger partial charge in [-0.05, 0) is 43.0 Å². The quantitative estimate of drug-likeness (QED) is 0.878. The maximum Gasteiger partial charge on any atom is 0.253 e. The second kappa shape index (κ2) is 6.52. The number of carbonyl (C=O) groups excluding carboxylic acids is 2. The van der Waals surface area contributed by atoms with Crippen LogP contribution in [0.25, 0.3) is 0 Å². The molecular formula is C15H20N2O3. The number of anilines is 1. The SMILES string of the molecule is CC(=O)Nc1ccc(C(=O)N2CCCC(CO)C2)cc1. The summed E-state index contributed by atoms with van der Waals surface area (Å²) in [6.07, 6.45) is 1.91. The second-order valence-corrected chi connectivity index (χ2v) is 5.20. The average molecular weight is 276 g/mol. The molecular weight excluding hydrogens is 256 g/mol. The molecule has 5 nitrogen and oxygen atoms in total. The van der Waals surface area contributed by atoms with Gasteiger partial charge in [0.2, 0.25) is 5.91 Å². The summed E-state index contributed by atoms with van der Waals surface area (Å²) in [5.41, 5.74) is 1.29. The molecule has 2 rings (SSSR count). The predicted molar refractivity (Wildman–Crippen MR) is 76.5 cm³/mol. The van der Waals surface area contributed by atoms with Crippen molar-refractivity contribution in [2.75, 3.05) is 25.0 Å². The van der Waals surface area contributed by atoms with E-state index in [-0.39, 0.29) is 24.3 Å². The first-order valence-corrected chi connectivity index (χ1v) is 6.88. The highest BCUT2D eigenvalue weighted by atomic mass is 16.3. The zero-order valence-corrected chi connectivity index (χ0v) is 11.6. The van der Waals surface area contributed by atoms with Crippen molar-refractivity contribution >= 4 is 17.5 Å². The van der Waals surface area contributed by atoms with Gasteiger partial charge in [-0.1, -0.05) is 0 Å². The Bertz CT molecular complexity index is 484. The molecule has 1 unspecified atom stereocenters. The number of hydrogen-bond acceptors (Lipinski definition) is 3. The van der Waals surface area contributed by atoms with E-state index in [0.717, 1.165) is 19.4 Å². The normalized spacial score (nSPS) is 18.7. The standard InChI is InChI=1S/C15H20N2O3/c1-11(19)16-14-6-4-13(5-7-14)15(20)17-8-2-3-12(9-17)10-18/h4-7,12,18H,2-3,8-10H2,1H3,(H,16,19). The minimum Gasteiger partial charge on any atom is -0.396 e. The van der Waals surface area contributed by atoms with Gasteiger partial charge >= 0.3 is 0 Å². The van der Waals surface area contributed by atoms with E-state index in [2.05, 4.69) is 5.32 Å². The average Bonchev–Trinajstić information content (AvgIpc) is 2.47. The van der Waals surface area contributed by atoms with Crippen LogP contribution < -0.4 is 5.32 Å². The summed E-state index contributed by atoms with van der Waals surface area (Å²) in [5.74, 6) is 0.0368. The van der Waals surface area contributed by atoms with Gasteiger partial charge in [-0.15, -0.1) is 0 Å². The van der Waals surface area contributed by atoms with Gasteiger partial charge in [0.05, 0.1) is 0 Å². The van der Waals surface area contributed by atoms with Crippen LogP contribution in [0, 0.1) is 5.92 Å². The zero-order chi connectivity index (χ0) is 14.5. The van der Waals surface area contributed by atoms with Crippen molar-refractivity contribution in [3.63, 3.8) is 0 Å². The lowest BCUT2D eigenvalue weighted by Crippen LogP contribution is -2.40. The van der Waals surface area contributed by atoms with Crippen molar-refractivity contribution in [2.24, 2.45) is 5.92 Å². The van der Waals surface area contributed by atoms with E-state index in [0.29, 0.717) is 17.8 Å². The van der Waals surface area contributed by atoms with E-state index >= 15 is 0 Å². The summed E-state index contributed by atoms with van der Waals surface area (Å²) in [5, 5.41) is 11.9. The van der Waals surface area contributed by atoms with E-state index in [9.17, 15) is 14.7 Å². The lowest BCUT2D eigenvalue weighted by molar-refractivity contribution is -0.114. The number of nitrogens with one attached hydrogen (secondary N) is 1. The van der Waals surface area contributed by atoms with Gasteiger partial charge in [-0.3, -0.25) is 9.59 Å². The third kappa shape index (κ3) is 3.57. The molecule has 0 aromatic heterocycles. The van der Waals surface area contributed by atoms with Crippen molar-refractivity contribution in [3.05, 3.63) is 29.8 Å². The number of benzene rings is 1.